The first-order valence-corrected chi connectivity index (χ1v) is 17.6. The highest BCUT2D eigenvalue weighted by Gasteiger charge is 2.21. The van der Waals surface area contributed by atoms with Crippen molar-refractivity contribution >= 4 is 21.8 Å². The Bertz CT molecular complexity index is 3610. The quantitative estimate of drug-likeness (QED) is 0.165. The zero-order chi connectivity index (χ0) is 47.0. The van der Waals surface area contributed by atoms with E-state index in [9.17, 15) is 6.85 Å². The van der Waals surface area contributed by atoms with E-state index in [4.69, 9.17) is 24.5 Å². The number of aromatic nitrogens is 4. The second-order valence-corrected chi connectivity index (χ2v) is 12.7. The van der Waals surface area contributed by atoms with Gasteiger partial charge in [-0.1, -0.05) is 176 Å². The molecule has 0 saturated heterocycles. The van der Waals surface area contributed by atoms with Crippen LogP contribution in [0.3, 0.4) is 0 Å². The Morgan fingerprint density at radius 3 is 1.56 bits per heavy atom. The summed E-state index contributed by atoms with van der Waals surface area (Å²) in [6, 6.07) is 34.4. The molecule has 0 radical (unpaired) electrons. The molecule has 0 N–H and O–H groups in total. The van der Waals surface area contributed by atoms with Crippen LogP contribution >= 0.6 is 0 Å². The molecule has 2 aromatic heterocycles. The molecule has 8 aromatic carbocycles. The van der Waals surface area contributed by atoms with Gasteiger partial charge in [0.05, 0.1) is 33.2 Å². The van der Waals surface area contributed by atoms with E-state index in [0.717, 1.165) is 16.7 Å². The minimum atomic E-state index is -0.702. The summed E-state index contributed by atoms with van der Waals surface area (Å²) >= 11 is 0. The summed E-state index contributed by atoms with van der Waals surface area (Å²) in [4.78, 5) is 15.0. The fourth-order valence-corrected chi connectivity index (χ4v) is 6.76. The summed E-state index contributed by atoms with van der Waals surface area (Å²) in [5.74, 6) is 0.833. The maximum atomic E-state index is 9.72. The number of hydrogen-bond acceptors (Lipinski definition) is 3. The topological polar surface area (TPSA) is 43.6 Å². The molecule has 0 atom stereocenters. The Balaban J connectivity index is 1.33. The largest absolute Gasteiger partial charge is 0.308 e. The monoisotopic (exact) mass is 714 g/mol. The van der Waals surface area contributed by atoms with Crippen molar-refractivity contribution in [3.8, 4) is 73.2 Å². The van der Waals surface area contributed by atoms with Gasteiger partial charge in [0.25, 0.3) is 0 Å². The molecule has 0 unspecified atom stereocenters. The molecule has 0 amide bonds. The number of fused-ring (bicyclic) bond motifs is 3. The fraction of sp³-hybridized carbons (Fsp3) is 0. The second kappa shape index (κ2) is 13.8. The molecule has 10 rings (SSSR count). The number of rotatable bonds is 7. The van der Waals surface area contributed by atoms with Crippen LogP contribution in [-0.2, 0) is 0 Å². The van der Waals surface area contributed by atoms with Crippen molar-refractivity contribution in [2.24, 2.45) is 0 Å². The second-order valence-electron chi connectivity index (χ2n) is 12.7. The first kappa shape index (κ1) is 21.9. The Hall–Kier alpha value is -7.43. The molecular weight excluding hydrogens is 669 g/mol. The standard InChI is InChI=1S/C51H34N4/c1-5-15-35(16-6-1)38-25-27-40(28-26-38)50-52-49(39-21-11-4-12-22-39)53-51(54-50)44-31-29-42(37-19-9-3-10-20-37)34-48(44)55-46-24-14-13-23-43(46)45-33-41(30-32-47(45)55)36-17-7-2-8-18-36/h1-34H/i2D,7D,8D,13D,14D,17D,18D,23D,24D,30D,32D,33D. The van der Waals surface area contributed by atoms with E-state index in [2.05, 4.69) is 0 Å². The minimum Gasteiger partial charge on any atom is -0.308 e. The summed E-state index contributed by atoms with van der Waals surface area (Å²) in [5, 5.41) is -0.343. The van der Waals surface area contributed by atoms with Gasteiger partial charge in [-0.3, -0.25) is 0 Å². The highest BCUT2D eigenvalue weighted by Crippen LogP contribution is 2.39. The van der Waals surface area contributed by atoms with Crippen LogP contribution in [0.15, 0.2) is 206 Å². The first-order valence-electron chi connectivity index (χ1n) is 23.6. The van der Waals surface area contributed by atoms with Gasteiger partial charge in [-0.05, 0) is 63.6 Å². The first-order chi connectivity index (χ1) is 32.3. The Morgan fingerprint density at radius 2 is 0.873 bits per heavy atom. The molecular formula is C51H34N4. The number of para-hydroxylation sites is 1. The molecule has 2 heterocycles. The van der Waals surface area contributed by atoms with Gasteiger partial charge in [0.1, 0.15) is 0 Å². The molecule has 0 fully saturated rings. The molecule has 4 heteroatoms. The van der Waals surface area contributed by atoms with E-state index in [1.54, 1.807) is 12.1 Å². The average Bonchev–Trinajstić information content (AvgIpc) is 3.74. The van der Waals surface area contributed by atoms with Crippen molar-refractivity contribution in [3.63, 3.8) is 0 Å². The van der Waals surface area contributed by atoms with Gasteiger partial charge < -0.3 is 4.57 Å². The molecule has 4 nitrogen and oxygen atoms in total. The zero-order valence-corrected chi connectivity index (χ0v) is 29.0. The van der Waals surface area contributed by atoms with Crippen LogP contribution in [0.4, 0.5) is 0 Å². The lowest BCUT2D eigenvalue weighted by molar-refractivity contribution is 1.06. The smallest absolute Gasteiger partial charge is 0.166 e. The summed E-state index contributed by atoms with van der Waals surface area (Å²) < 4.78 is 109. The summed E-state index contributed by atoms with van der Waals surface area (Å²) in [6.07, 6.45) is 0. The predicted molar refractivity (Wildman–Crippen MR) is 227 cm³/mol. The minimum absolute atomic E-state index is 0.124. The Morgan fingerprint density at radius 1 is 0.364 bits per heavy atom. The van der Waals surface area contributed by atoms with E-state index in [-0.39, 0.29) is 33.3 Å². The van der Waals surface area contributed by atoms with Crippen LogP contribution in [0.2, 0.25) is 0 Å². The molecule has 0 spiro atoms. The van der Waals surface area contributed by atoms with Gasteiger partial charge in [-0.15, -0.1) is 0 Å². The van der Waals surface area contributed by atoms with Crippen LogP contribution < -0.4 is 0 Å². The number of nitrogens with zero attached hydrogens (tertiary/aromatic N) is 4. The SMILES string of the molecule is [2H]c1c([2H])c([2H])c(-c2c([2H])c([2H])c3c(c2[2H])c2c([2H])c([2H])c([2H])c([2H])c2n3-c2cc(-c3ccccc3)ccc2-c2nc(-c3ccccc3)nc(-c3ccc(-c4ccccc4)cc3)n2)c([2H])c1[2H]. The lowest BCUT2D eigenvalue weighted by atomic mass is 10.0. The highest BCUT2D eigenvalue weighted by atomic mass is 15.1. The van der Waals surface area contributed by atoms with Gasteiger partial charge in [0, 0.05) is 27.5 Å². The van der Waals surface area contributed by atoms with Crippen molar-refractivity contribution in [3.05, 3.63) is 206 Å². The molecule has 0 aliphatic rings. The molecule has 0 aliphatic heterocycles. The van der Waals surface area contributed by atoms with E-state index < -0.39 is 83.6 Å². The lowest BCUT2D eigenvalue weighted by Gasteiger charge is -2.16. The molecule has 258 valence electrons. The van der Waals surface area contributed by atoms with E-state index in [1.165, 1.54) is 4.57 Å². The molecule has 0 bridgehead atoms. The maximum Gasteiger partial charge on any atom is 0.166 e. The van der Waals surface area contributed by atoms with Crippen LogP contribution in [0.1, 0.15) is 16.4 Å². The normalized spacial score (nSPS) is 14.3. The van der Waals surface area contributed by atoms with Crippen LogP contribution in [0.25, 0.3) is 95.0 Å². The maximum absolute atomic E-state index is 9.72. The highest BCUT2D eigenvalue weighted by molar-refractivity contribution is 6.11. The van der Waals surface area contributed by atoms with Crippen LogP contribution in [-0.4, -0.2) is 19.5 Å². The zero-order valence-electron chi connectivity index (χ0n) is 41.0. The van der Waals surface area contributed by atoms with Crippen LogP contribution in [0.5, 0.6) is 0 Å². The van der Waals surface area contributed by atoms with Crippen LogP contribution in [0, 0.1) is 0 Å². The Kier molecular flexibility index (Phi) is 5.52. The molecule has 10 aromatic rings. The Labute approximate surface area is 336 Å². The van der Waals surface area contributed by atoms with Gasteiger partial charge in [-0.2, -0.15) is 0 Å². The molecule has 0 aliphatic carbocycles. The summed E-state index contributed by atoms with van der Waals surface area (Å²) in [7, 11) is 0. The third-order valence-electron chi connectivity index (χ3n) is 9.41. The molecule has 0 saturated carbocycles. The number of hydrogen-bond donors (Lipinski definition) is 0. The third kappa shape index (κ3) is 6.06. The average molecular weight is 715 g/mol. The third-order valence-corrected chi connectivity index (χ3v) is 9.41. The van der Waals surface area contributed by atoms with Crippen molar-refractivity contribution in [2.45, 2.75) is 0 Å². The lowest BCUT2D eigenvalue weighted by Crippen LogP contribution is -2.04. The predicted octanol–water partition coefficient (Wildman–Crippen LogP) is 13.0. The van der Waals surface area contributed by atoms with Crippen molar-refractivity contribution in [1.29, 1.82) is 0 Å². The molecule has 55 heavy (non-hydrogen) atoms. The number of benzene rings is 8. The van der Waals surface area contributed by atoms with E-state index in [0.29, 0.717) is 33.9 Å². The van der Waals surface area contributed by atoms with Crippen molar-refractivity contribution < 1.29 is 16.4 Å². The van der Waals surface area contributed by atoms with E-state index in [1.807, 2.05) is 121 Å². The van der Waals surface area contributed by atoms with Gasteiger partial charge in [0.15, 0.2) is 17.5 Å². The fourth-order valence-electron chi connectivity index (χ4n) is 6.76. The van der Waals surface area contributed by atoms with Gasteiger partial charge in [0.2, 0.25) is 0 Å². The van der Waals surface area contributed by atoms with Crippen molar-refractivity contribution in [1.82, 2.24) is 19.5 Å². The van der Waals surface area contributed by atoms with Crippen molar-refractivity contribution in [2.75, 3.05) is 0 Å². The van der Waals surface area contributed by atoms with Gasteiger partial charge in [-0.25, -0.2) is 15.0 Å². The summed E-state index contributed by atoms with van der Waals surface area (Å²) in [6.45, 7) is 0. The van der Waals surface area contributed by atoms with E-state index >= 15 is 0 Å². The summed E-state index contributed by atoms with van der Waals surface area (Å²) in [5.41, 5.74) is 4.23. The van der Waals surface area contributed by atoms with Gasteiger partial charge >= 0.3 is 0 Å².